The first-order chi connectivity index (χ1) is 13.7. The molecule has 1 atom stereocenters. The summed E-state index contributed by atoms with van der Waals surface area (Å²) in [6, 6.07) is 2.48. The van der Waals surface area contributed by atoms with E-state index in [2.05, 4.69) is 15.6 Å². The molecule has 11 heteroatoms. The van der Waals surface area contributed by atoms with Gasteiger partial charge in [0.25, 0.3) is 0 Å². The highest BCUT2D eigenvalue weighted by atomic mass is 127. The fourth-order valence-electron chi connectivity index (χ4n) is 2.79. The van der Waals surface area contributed by atoms with Gasteiger partial charge in [0.2, 0.25) is 5.91 Å². The highest BCUT2D eigenvalue weighted by molar-refractivity contribution is 14.0. The molecule has 0 aromatic heterocycles. The molecular weight excluding hydrogens is 519 g/mol. The molecule has 6 nitrogen and oxygen atoms in total. The number of aliphatic imine (C=N–C) groups is 1. The Labute approximate surface area is 190 Å². The lowest BCUT2D eigenvalue weighted by Gasteiger charge is -2.24. The topological polar surface area (TPSA) is 66.0 Å². The molecule has 1 fully saturated rings. The van der Waals surface area contributed by atoms with E-state index in [0.29, 0.717) is 19.2 Å². The summed E-state index contributed by atoms with van der Waals surface area (Å²) in [6.07, 6.45) is -1.82. The van der Waals surface area contributed by atoms with E-state index in [-0.39, 0.29) is 60.6 Å². The lowest BCUT2D eigenvalue weighted by Crippen LogP contribution is -2.45. The van der Waals surface area contributed by atoms with Crippen molar-refractivity contribution in [1.82, 2.24) is 15.5 Å². The van der Waals surface area contributed by atoms with Crippen LogP contribution in [0.2, 0.25) is 0 Å². The zero-order valence-electron chi connectivity index (χ0n) is 16.9. The van der Waals surface area contributed by atoms with Crippen molar-refractivity contribution in [2.75, 3.05) is 33.8 Å². The summed E-state index contributed by atoms with van der Waals surface area (Å²) in [5.74, 6) is -0.995. The van der Waals surface area contributed by atoms with E-state index >= 15 is 0 Å². The number of benzene rings is 1. The van der Waals surface area contributed by atoms with Gasteiger partial charge in [-0.2, -0.15) is 13.2 Å². The zero-order chi connectivity index (χ0) is 21.4. The number of guanidine groups is 1. The molecule has 0 spiro atoms. The molecule has 1 heterocycles. The number of alkyl halides is 3. The Balaban J connectivity index is 0.00000450. The molecule has 1 aromatic carbocycles. The van der Waals surface area contributed by atoms with Crippen LogP contribution in [0.25, 0.3) is 0 Å². The van der Waals surface area contributed by atoms with E-state index < -0.39 is 17.6 Å². The molecule has 1 amide bonds. The fraction of sp³-hybridized carbons (Fsp3) is 0.579. The van der Waals surface area contributed by atoms with Gasteiger partial charge in [0.15, 0.2) is 5.96 Å². The summed E-state index contributed by atoms with van der Waals surface area (Å²) in [7, 11) is 3.19. The Kier molecular flexibility index (Phi) is 10.8. The van der Waals surface area contributed by atoms with Crippen LogP contribution in [0.15, 0.2) is 23.2 Å². The number of nitrogens with one attached hydrogen (secondary N) is 2. The SMILES string of the molecule is CN(C)C(=O)CNC(=NCc1ccc(F)cc1C(F)(F)F)NCC1CCCCO1.I. The smallest absolute Gasteiger partial charge is 0.376 e. The van der Waals surface area contributed by atoms with Crippen molar-refractivity contribution in [3.05, 3.63) is 35.1 Å². The number of likely N-dealkylation sites (N-methyl/N-ethyl adjacent to an activating group) is 1. The highest BCUT2D eigenvalue weighted by Crippen LogP contribution is 2.32. The van der Waals surface area contributed by atoms with Crippen molar-refractivity contribution in [1.29, 1.82) is 0 Å². The maximum absolute atomic E-state index is 13.3. The molecule has 1 aliphatic heterocycles. The molecule has 1 aliphatic rings. The third-order valence-corrected chi connectivity index (χ3v) is 4.46. The van der Waals surface area contributed by atoms with Crippen molar-refractivity contribution >= 4 is 35.8 Å². The van der Waals surface area contributed by atoms with Crippen molar-refractivity contribution < 1.29 is 27.1 Å². The van der Waals surface area contributed by atoms with Crippen LogP contribution in [0.5, 0.6) is 0 Å². The number of carbonyl (C=O) groups excluding carboxylic acids is 1. The van der Waals surface area contributed by atoms with E-state index in [0.717, 1.165) is 31.4 Å². The van der Waals surface area contributed by atoms with Gasteiger partial charge >= 0.3 is 6.18 Å². The molecule has 0 radical (unpaired) electrons. The Bertz CT molecular complexity index is 723. The van der Waals surface area contributed by atoms with Gasteiger partial charge in [-0.3, -0.25) is 4.79 Å². The fourth-order valence-corrected chi connectivity index (χ4v) is 2.79. The van der Waals surface area contributed by atoms with Gasteiger partial charge in [0.1, 0.15) is 5.82 Å². The van der Waals surface area contributed by atoms with Crippen LogP contribution < -0.4 is 10.6 Å². The number of hydrogen-bond acceptors (Lipinski definition) is 3. The average molecular weight is 546 g/mol. The van der Waals surface area contributed by atoms with Gasteiger partial charge in [-0.1, -0.05) is 6.07 Å². The summed E-state index contributed by atoms with van der Waals surface area (Å²) in [4.78, 5) is 17.4. The second kappa shape index (κ2) is 12.3. The second-order valence-electron chi connectivity index (χ2n) is 6.98. The molecule has 0 saturated carbocycles. The number of halogens is 5. The largest absolute Gasteiger partial charge is 0.416 e. The zero-order valence-corrected chi connectivity index (χ0v) is 19.2. The lowest BCUT2D eigenvalue weighted by atomic mass is 10.1. The summed E-state index contributed by atoms with van der Waals surface area (Å²) >= 11 is 0. The lowest BCUT2D eigenvalue weighted by molar-refractivity contribution is -0.138. The maximum atomic E-state index is 13.3. The van der Waals surface area contributed by atoms with E-state index in [9.17, 15) is 22.4 Å². The quantitative estimate of drug-likeness (QED) is 0.249. The number of carbonyl (C=O) groups is 1. The average Bonchev–Trinajstić information content (AvgIpc) is 2.67. The van der Waals surface area contributed by atoms with Gasteiger partial charge in [0.05, 0.1) is 24.8 Å². The van der Waals surface area contributed by atoms with Crippen LogP contribution in [0.4, 0.5) is 17.6 Å². The molecular formula is C19H27F4IN4O2. The minimum absolute atomic E-state index is 0. The van der Waals surface area contributed by atoms with Crippen LogP contribution >= 0.6 is 24.0 Å². The predicted octanol–water partition coefficient (Wildman–Crippen LogP) is 3.16. The monoisotopic (exact) mass is 546 g/mol. The van der Waals surface area contributed by atoms with Crippen LogP contribution in [-0.4, -0.2) is 56.7 Å². The van der Waals surface area contributed by atoms with Gasteiger partial charge in [-0.25, -0.2) is 9.38 Å². The first-order valence-corrected chi connectivity index (χ1v) is 9.36. The standard InChI is InChI=1S/C19H26F4N4O2.HI/c1-27(2)17(28)12-26-18(25-11-15-5-3-4-8-29-15)24-10-13-6-7-14(20)9-16(13)19(21,22)23;/h6-7,9,15H,3-5,8,10-12H2,1-2H3,(H2,24,25,26);1H. The highest BCUT2D eigenvalue weighted by Gasteiger charge is 2.33. The third kappa shape index (κ3) is 8.62. The van der Waals surface area contributed by atoms with Gasteiger partial charge in [-0.05, 0) is 37.0 Å². The molecule has 1 aromatic rings. The molecule has 2 rings (SSSR count). The first-order valence-electron chi connectivity index (χ1n) is 9.36. The van der Waals surface area contributed by atoms with E-state index in [1.165, 1.54) is 4.90 Å². The number of ether oxygens (including phenoxy) is 1. The molecule has 2 N–H and O–H groups in total. The summed E-state index contributed by atoms with van der Waals surface area (Å²) in [5.41, 5.74) is -1.23. The molecule has 0 bridgehead atoms. The second-order valence-corrected chi connectivity index (χ2v) is 6.98. The first kappa shape index (κ1) is 26.4. The van der Waals surface area contributed by atoms with Crippen LogP contribution in [0.3, 0.4) is 0 Å². The van der Waals surface area contributed by atoms with E-state index in [4.69, 9.17) is 4.74 Å². The Morgan fingerprint density at radius 3 is 2.60 bits per heavy atom. The van der Waals surface area contributed by atoms with Crippen molar-refractivity contribution in [3.8, 4) is 0 Å². The predicted molar refractivity (Wildman–Crippen MR) is 116 cm³/mol. The van der Waals surface area contributed by atoms with Gasteiger partial charge < -0.3 is 20.3 Å². The Morgan fingerprint density at radius 1 is 1.27 bits per heavy atom. The number of nitrogens with zero attached hydrogens (tertiary/aromatic N) is 2. The minimum Gasteiger partial charge on any atom is -0.376 e. The summed E-state index contributed by atoms with van der Waals surface area (Å²) < 4.78 is 58.4. The normalized spacial score (nSPS) is 17.1. The molecule has 30 heavy (non-hydrogen) atoms. The summed E-state index contributed by atoms with van der Waals surface area (Å²) in [6.45, 7) is 0.680. The minimum atomic E-state index is -4.69. The van der Waals surface area contributed by atoms with Crippen molar-refractivity contribution in [2.45, 2.75) is 38.1 Å². The molecule has 1 saturated heterocycles. The maximum Gasteiger partial charge on any atom is 0.416 e. The Morgan fingerprint density at radius 2 is 2.00 bits per heavy atom. The van der Waals surface area contributed by atoms with Crippen LogP contribution in [0, 0.1) is 5.82 Å². The van der Waals surface area contributed by atoms with Gasteiger partial charge in [0, 0.05) is 27.2 Å². The third-order valence-electron chi connectivity index (χ3n) is 4.46. The van der Waals surface area contributed by atoms with Gasteiger partial charge in [-0.15, -0.1) is 24.0 Å². The van der Waals surface area contributed by atoms with Crippen LogP contribution in [0.1, 0.15) is 30.4 Å². The van der Waals surface area contributed by atoms with Crippen LogP contribution in [-0.2, 0) is 22.3 Å². The van der Waals surface area contributed by atoms with Crippen molar-refractivity contribution in [2.24, 2.45) is 4.99 Å². The van der Waals surface area contributed by atoms with E-state index in [1.807, 2.05) is 0 Å². The molecule has 0 aliphatic carbocycles. The molecule has 1 unspecified atom stereocenters. The Hall–Kier alpha value is -1.63. The number of amides is 1. The van der Waals surface area contributed by atoms with E-state index in [1.54, 1.807) is 14.1 Å². The summed E-state index contributed by atoms with van der Waals surface area (Å²) in [5, 5.41) is 5.83. The number of rotatable bonds is 6. The van der Waals surface area contributed by atoms with Crippen molar-refractivity contribution in [3.63, 3.8) is 0 Å². The number of hydrogen-bond donors (Lipinski definition) is 2. The molecule has 170 valence electrons.